The highest BCUT2D eigenvalue weighted by Gasteiger charge is 2.41. The van der Waals surface area contributed by atoms with Gasteiger partial charge in [0.25, 0.3) is 0 Å². The van der Waals surface area contributed by atoms with Gasteiger partial charge in [-0.25, -0.2) is 4.39 Å². The fourth-order valence-corrected chi connectivity index (χ4v) is 4.92. The Balaban J connectivity index is 1.86. The molecule has 26 heavy (non-hydrogen) atoms. The molecule has 2 heterocycles. The van der Waals surface area contributed by atoms with E-state index in [1.54, 1.807) is 18.2 Å². The number of rotatable bonds is 3. The number of hydrogen-bond donors (Lipinski definition) is 0. The molecule has 2 aromatic rings. The van der Waals surface area contributed by atoms with Gasteiger partial charge in [-0.2, -0.15) is 0 Å². The van der Waals surface area contributed by atoms with Crippen LogP contribution in [0.25, 0.3) is 0 Å². The fourth-order valence-electron chi connectivity index (χ4n) is 3.61. The van der Waals surface area contributed by atoms with E-state index in [-0.39, 0.29) is 23.9 Å². The summed E-state index contributed by atoms with van der Waals surface area (Å²) >= 11 is 2.79. The molecule has 1 atom stereocenters. The lowest BCUT2D eigenvalue weighted by Crippen LogP contribution is -2.40. The first-order valence-corrected chi connectivity index (χ1v) is 10.4. The van der Waals surface area contributed by atoms with Gasteiger partial charge < -0.3 is 0 Å². The number of aromatic nitrogens is 2. The number of allylic oxidation sites excluding steroid dienone is 2. The lowest BCUT2D eigenvalue weighted by Gasteiger charge is -2.36. The van der Waals surface area contributed by atoms with Gasteiger partial charge >= 0.3 is 0 Å². The molecule has 1 aliphatic heterocycles. The summed E-state index contributed by atoms with van der Waals surface area (Å²) in [5.74, 6) is -1.10. The average molecular weight is 389 g/mol. The number of ketones is 1. The van der Waals surface area contributed by atoms with Crippen LogP contribution in [0.15, 0.2) is 39.9 Å². The van der Waals surface area contributed by atoms with E-state index < -0.39 is 5.92 Å². The van der Waals surface area contributed by atoms with E-state index in [1.165, 1.54) is 34.1 Å². The van der Waals surface area contributed by atoms with Crippen molar-refractivity contribution in [1.82, 2.24) is 10.2 Å². The molecule has 0 radical (unpaired) electrons. The summed E-state index contributed by atoms with van der Waals surface area (Å²) in [4.78, 5) is 27.2. The van der Waals surface area contributed by atoms with E-state index in [0.29, 0.717) is 41.2 Å². The minimum absolute atomic E-state index is 0.00777. The van der Waals surface area contributed by atoms with Crippen LogP contribution in [0, 0.1) is 5.82 Å². The van der Waals surface area contributed by atoms with E-state index in [0.717, 1.165) is 4.34 Å². The first-order valence-electron chi connectivity index (χ1n) is 8.31. The summed E-state index contributed by atoms with van der Waals surface area (Å²) in [6.07, 6.45) is 3.66. The lowest BCUT2D eigenvalue weighted by molar-refractivity contribution is -0.119. The Bertz CT molecular complexity index is 925. The van der Waals surface area contributed by atoms with Gasteiger partial charge in [-0.3, -0.25) is 14.5 Å². The molecule has 0 spiro atoms. The summed E-state index contributed by atoms with van der Waals surface area (Å²) < 4.78 is 15.1. The van der Waals surface area contributed by atoms with Gasteiger partial charge in [0, 0.05) is 30.0 Å². The number of nitrogens with zero attached hydrogens (tertiary/aromatic N) is 3. The molecule has 8 heteroatoms. The van der Waals surface area contributed by atoms with Crippen LogP contribution in [0.5, 0.6) is 0 Å². The Labute approximate surface area is 158 Å². The normalized spacial score (nSPS) is 20.5. The second kappa shape index (κ2) is 6.92. The van der Waals surface area contributed by atoms with Gasteiger partial charge in [-0.15, -0.1) is 10.2 Å². The molecule has 2 aliphatic rings. The van der Waals surface area contributed by atoms with Crippen LogP contribution < -0.4 is 4.90 Å². The zero-order valence-corrected chi connectivity index (χ0v) is 15.7. The maximum atomic E-state index is 14.4. The molecule has 5 nitrogen and oxygen atoms in total. The van der Waals surface area contributed by atoms with Crippen molar-refractivity contribution in [2.24, 2.45) is 0 Å². The van der Waals surface area contributed by atoms with E-state index >= 15 is 0 Å². The molecular weight excluding hydrogens is 373 g/mol. The maximum absolute atomic E-state index is 14.4. The molecule has 0 saturated carbocycles. The summed E-state index contributed by atoms with van der Waals surface area (Å²) in [5.41, 5.74) is 1.63. The summed E-state index contributed by atoms with van der Waals surface area (Å²) in [5, 5.41) is 8.67. The third-order valence-corrected chi connectivity index (χ3v) is 6.60. The molecular formula is C18H16FN3O2S2. The van der Waals surface area contributed by atoms with Crippen molar-refractivity contribution in [2.75, 3.05) is 11.2 Å². The fraction of sp³-hybridized carbons (Fsp3) is 0.333. The van der Waals surface area contributed by atoms with Crippen LogP contribution in [0.3, 0.4) is 0 Å². The third-order valence-electron chi connectivity index (χ3n) is 4.72. The third kappa shape index (κ3) is 2.87. The second-order valence-corrected chi connectivity index (χ2v) is 8.21. The second-order valence-electron chi connectivity index (χ2n) is 6.20. The number of hydrogen-bond acceptors (Lipinski definition) is 6. The molecule has 134 valence electrons. The van der Waals surface area contributed by atoms with Crippen molar-refractivity contribution in [3.05, 3.63) is 46.9 Å². The van der Waals surface area contributed by atoms with E-state index in [9.17, 15) is 14.0 Å². The van der Waals surface area contributed by atoms with Crippen LogP contribution in [-0.2, 0) is 9.59 Å². The molecule has 0 N–H and O–H groups in total. The number of Topliss-reactive ketones (excluding diaryl/α,β-unsaturated/α-hetero) is 1. The zero-order valence-electron chi connectivity index (χ0n) is 14.1. The predicted molar refractivity (Wildman–Crippen MR) is 98.8 cm³/mol. The first-order chi connectivity index (χ1) is 12.6. The van der Waals surface area contributed by atoms with Gasteiger partial charge in [0.05, 0.1) is 0 Å². The molecule has 1 aromatic heterocycles. The summed E-state index contributed by atoms with van der Waals surface area (Å²) in [7, 11) is 0. The number of amides is 1. The monoisotopic (exact) mass is 389 g/mol. The quantitative estimate of drug-likeness (QED) is 0.588. The van der Waals surface area contributed by atoms with Gasteiger partial charge in [0.1, 0.15) is 5.82 Å². The minimum Gasteiger partial charge on any atom is -0.294 e. The Kier molecular flexibility index (Phi) is 4.62. The van der Waals surface area contributed by atoms with Crippen molar-refractivity contribution in [1.29, 1.82) is 0 Å². The average Bonchev–Trinajstić information content (AvgIpc) is 3.10. The first kappa shape index (κ1) is 17.4. The molecule has 0 fully saturated rings. The molecule has 1 amide bonds. The van der Waals surface area contributed by atoms with Gasteiger partial charge in [0.2, 0.25) is 11.0 Å². The highest BCUT2D eigenvalue weighted by Crippen LogP contribution is 2.44. The standard InChI is InChI=1S/C18H16FN3O2S2/c1-25-18-21-20-17(26-18)22-13-7-4-8-14(23)16(13)11(9-15(22)24)10-5-2-3-6-12(10)19/h2-3,5-6,11H,4,7-9H2,1H3. The lowest BCUT2D eigenvalue weighted by atomic mass is 9.77. The molecule has 1 aromatic carbocycles. The van der Waals surface area contributed by atoms with Gasteiger partial charge in [0.15, 0.2) is 10.1 Å². The van der Waals surface area contributed by atoms with Crippen LogP contribution in [0.4, 0.5) is 9.52 Å². The largest absolute Gasteiger partial charge is 0.294 e. The predicted octanol–water partition coefficient (Wildman–Crippen LogP) is 3.93. The Morgan fingerprint density at radius 2 is 2.04 bits per heavy atom. The number of halogens is 1. The van der Waals surface area contributed by atoms with E-state index in [1.807, 2.05) is 6.26 Å². The molecule has 0 saturated heterocycles. The SMILES string of the molecule is CSc1nnc(N2C(=O)CC(c3ccccc3F)C3=C2CCCC3=O)s1. The topological polar surface area (TPSA) is 63.2 Å². The number of carbonyl (C=O) groups is 2. The van der Waals surface area contributed by atoms with Crippen molar-refractivity contribution in [3.8, 4) is 0 Å². The highest BCUT2D eigenvalue weighted by atomic mass is 32.2. The van der Waals surface area contributed by atoms with Crippen molar-refractivity contribution in [3.63, 3.8) is 0 Å². The van der Waals surface area contributed by atoms with Crippen molar-refractivity contribution in [2.45, 2.75) is 35.9 Å². The summed E-state index contributed by atoms with van der Waals surface area (Å²) in [6.45, 7) is 0. The number of anilines is 1. The number of carbonyl (C=O) groups excluding carboxylic acids is 2. The number of thioether (sulfide) groups is 1. The Morgan fingerprint density at radius 3 is 2.77 bits per heavy atom. The van der Waals surface area contributed by atoms with Crippen LogP contribution in [-0.4, -0.2) is 28.1 Å². The smallest absolute Gasteiger partial charge is 0.234 e. The summed E-state index contributed by atoms with van der Waals surface area (Å²) in [6, 6.07) is 6.37. The number of benzene rings is 1. The van der Waals surface area contributed by atoms with Crippen LogP contribution >= 0.6 is 23.1 Å². The zero-order chi connectivity index (χ0) is 18.3. The van der Waals surface area contributed by atoms with Gasteiger partial charge in [-0.1, -0.05) is 41.3 Å². The van der Waals surface area contributed by atoms with E-state index in [2.05, 4.69) is 10.2 Å². The molecule has 1 unspecified atom stereocenters. The van der Waals surface area contributed by atoms with Crippen molar-refractivity contribution >= 4 is 39.9 Å². The van der Waals surface area contributed by atoms with Gasteiger partial charge in [-0.05, 0) is 30.7 Å². The maximum Gasteiger partial charge on any atom is 0.234 e. The Hall–Kier alpha value is -2.06. The van der Waals surface area contributed by atoms with E-state index in [4.69, 9.17) is 0 Å². The molecule has 1 aliphatic carbocycles. The van der Waals surface area contributed by atoms with Crippen LogP contribution in [0.1, 0.15) is 37.2 Å². The van der Waals surface area contributed by atoms with Crippen LogP contribution in [0.2, 0.25) is 0 Å². The minimum atomic E-state index is -0.532. The Morgan fingerprint density at radius 1 is 1.23 bits per heavy atom. The van der Waals surface area contributed by atoms with Crippen molar-refractivity contribution < 1.29 is 14.0 Å². The molecule has 0 bridgehead atoms. The highest BCUT2D eigenvalue weighted by molar-refractivity contribution is 8.00. The molecule has 4 rings (SSSR count).